The van der Waals surface area contributed by atoms with Crippen LogP contribution < -0.4 is 4.90 Å². The van der Waals surface area contributed by atoms with Crippen LogP contribution in [0.1, 0.15) is 56.4 Å². The number of carbonyl (C=O) groups is 1. The maximum Gasteiger partial charge on any atom is 0.233 e. The standard InChI is InChI=1S/C33H37FN2O/c34-30-7-9-31(10-8-30)36(32(37)33-19-23-15-24(20-33)17-25(16-23)21-33)14-13-35-12-11-29(22-35)28-6-5-26-3-1-2-4-27(26)18-28/h1-10,18,23-25,29H,11-17,19-22H2. The average Bonchev–Trinajstić information content (AvgIpc) is 3.38. The lowest BCUT2D eigenvalue weighted by Crippen LogP contribution is -2.55. The van der Waals surface area contributed by atoms with Crippen molar-refractivity contribution in [3.8, 4) is 0 Å². The Morgan fingerprint density at radius 2 is 1.57 bits per heavy atom. The number of rotatable bonds is 6. The van der Waals surface area contributed by atoms with E-state index >= 15 is 0 Å². The highest BCUT2D eigenvalue weighted by Gasteiger charge is 2.55. The second-order valence-corrected chi connectivity index (χ2v) is 12.5. The zero-order chi connectivity index (χ0) is 25.0. The summed E-state index contributed by atoms with van der Waals surface area (Å²) in [7, 11) is 0. The smallest absolute Gasteiger partial charge is 0.233 e. The topological polar surface area (TPSA) is 23.6 Å². The zero-order valence-corrected chi connectivity index (χ0v) is 21.6. The number of fused-ring (bicyclic) bond motifs is 1. The van der Waals surface area contributed by atoms with Crippen molar-refractivity contribution < 1.29 is 9.18 Å². The Kier molecular flexibility index (Phi) is 5.84. The quantitative estimate of drug-likeness (QED) is 0.366. The van der Waals surface area contributed by atoms with Crippen LogP contribution in [0, 0.1) is 29.0 Å². The predicted octanol–water partition coefficient (Wildman–Crippen LogP) is 7.02. The van der Waals surface area contributed by atoms with Gasteiger partial charge in [0.1, 0.15) is 5.82 Å². The summed E-state index contributed by atoms with van der Waals surface area (Å²) in [6.07, 6.45) is 8.31. The molecule has 3 aromatic rings. The molecule has 0 radical (unpaired) electrons. The van der Waals surface area contributed by atoms with Crippen molar-refractivity contribution in [1.82, 2.24) is 4.90 Å². The number of hydrogen-bond donors (Lipinski definition) is 0. The minimum atomic E-state index is -0.247. The molecular formula is C33H37FN2O. The first-order chi connectivity index (χ1) is 18.0. The molecule has 0 spiro atoms. The number of nitrogens with zero attached hydrogens (tertiary/aromatic N) is 2. The Hall–Kier alpha value is -2.72. The largest absolute Gasteiger partial charge is 0.311 e. The molecule has 5 fully saturated rings. The third-order valence-electron chi connectivity index (χ3n) is 10.0. The van der Waals surface area contributed by atoms with E-state index in [4.69, 9.17) is 0 Å². The summed E-state index contributed by atoms with van der Waals surface area (Å²) in [5.41, 5.74) is 2.08. The molecule has 1 aliphatic heterocycles. The summed E-state index contributed by atoms with van der Waals surface area (Å²) >= 11 is 0. The first-order valence-electron chi connectivity index (χ1n) is 14.3. The Balaban J connectivity index is 1.08. The Labute approximate surface area is 219 Å². The minimum absolute atomic E-state index is 0.193. The second-order valence-electron chi connectivity index (χ2n) is 12.5. The number of halogens is 1. The zero-order valence-electron chi connectivity index (χ0n) is 21.6. The lowest BCUT2D eigenvalue weighted by molar-refractivity contribution is -0.143. The summed E-state index contributed by atoms with van der Waals surface area (Å²) in [4.78, 5) is 18.9. The number of anilines is 1. The van der Waals surface area contributed by atoms with E-state index in [1.165, 1.54) is 47.7 Å². The van der Waals surface area contributed by atoms with E-state index in [0.717, 1.165) is 68.8 Å². The van der Waals surface area contributed by atoms with E-state index in [0.29, 0.717) is 18.4 Å². The van der Waals surface area contributed by atoms with E-state index in [2.05, 4.69) is 47.4 Å². The van der Waals surface area contributed by atoms with Crippen LogP contribution in [0.5, 0.6) is 0 Å². The van der Waals surface area contributed by atoms with Gasteiger partial charge in [0.15, 0.2) is 0 Å². The van der Waals surface area contributed by atoms with Crippen LogP contribution in [0.2, 0.25) is 0 Å². The van der Waals surface area contributed by atoms with Crippen molar-refractivity contribution in [2.45, 2.75) is 50.9 Å². The van der Waals surface area contributed by atoms with Gasteiger partial charge in [-0.2, -0.15) is 0 Å². The fourth-order valence-corrected chi connectivity index (χ4v) is 8.64. The van der Waals surface area contributed by atoms with Gasteiger partial charge in [0.25, 0.3) is 0 Å². The van der Waals surface area contributed by atoms with E-state index in [1.54, 1.807) is 12.1 Å². The van der Waals surface area contributed by atoms with E-state index in [-0.39, 0.29) is 11.2 Å². The average molecular weight is 497 g/mol. The van der Waals surface area contributed by atoms with Crippen molar-refractivity contribution in [1.29, 1.82) is 0 Å². The molecule has 1 heterocycles. The number of hydrogen-bond acceptors (Lipinski definition) is 2. The first-order valence-corrected chi connectivity index (χ1v) is 14.3. The molecule has 3 aromatic carbocycles. The fraction of sp³-hybridized carbons (Fsp3) is 0.485. The van der Waals surface area contributed by atoms with Gasteiger partial charge in [0, 0.05) is 25.3 Å². The highest BCUT2D eigenvalue weighted by atomic mass is 19.1. The summed E-state index contributed by atoms with van der Waals surface area (Å²) < 4.78 is 13.8. The van der Waals surface area contributed by atoms with Gasteiger partial charge in [0.05, 0.1) is 5.41 Å². The molecule has 4 heteroatoms. The van der Waals surface area contributed by atoms with Gasteiger partial charge in [-0.15, -0.1) is 0 Å². The van der Waals surface area contributed by atoms with E-state index in [1.807, 2.05) is 4.90 Å². The fourth-order valence-electron chi connectivity index (χ4n) is 8.64. The third-order valence-corrected chi connectivity index (χ3v) is 10.0. The van der Waals surface area contributed by atoms with Gasteiger partial charge in [-0.1, -0.05) is 42.5 Å². The molecule has 1 amide bonds. The molecular weight excluding hydrogens is 459 g/mol. The Morgan fingerprint density at radius 1 is 0.892 bits per heavy atom. The molecule has 192 valence electrons. The molecule has 5 aliphatic rings. The highest BCUT2D eigenvalue weighted by Crippen LogP contribution is 2.60. The number of amides is 1. The van der Waals surface area contributed by atoms with Gasteiger partial charge >= 0.3 is 0 Å². The van der Waals surface area contributed by atoms with Crippen LogP contribution in [-0.2, 0) is 4.79 Å². The van der Waals surface area contributed by atoms with Crippen molar-refractivity contribution in [2.75, 3.05) is 31.1 Å². The molecule has 37 heavy (non-hydrogen) atoms. The highest BCUT2D eigenvalue weighted by molar-refractivity contribution is 5.98. The van der Waals surface area contributed by atoms with E-state index < -0.39 is 0 Å². The molecule has 4 aliphatic carbocycles. The molecule has 0 aromatic heterocycles. The molecule has 1 atom stereocenters. The number of benzene rings is 3. The second kappa shape index (κ2) is 9.23. The molecule has 4 saturated carbocycles. The number of likely N-dealkylation sites (tertiary alicyclic amines) is 1. The van der Waals surface area contributed by atoms with Gasteiger partial charge in [0.2, 0.25) is 5.91 Å². The maximum absolute atomic E-state index is 14.3. The lowest BCUT2D eigenvalue weighted by atomic mass is 9.49. The van der Waals surface area contributed by atoms with Crippen molar-refractivity contribution >= 4 is 22.4 Å². The van der Waals surface area contributed by atoms with Crippen LogP contribution in [0.15, 0.2) is 66.7 Å². The van der Waals surface area contributed by atoms with Crippen LogP contribution in [-0.4, -0.2) is 37.0 Å². The molecule has 1 saturated heterocycles. The lowest BCUT2D eigenvalue weighted by Gasteiger charge is -2.56. The summed E-state index contributed by atoms with van der Waals surface area (Å²) in [6, 6.07) is 22.1. The van der Waals surface area contributed by atoms with Crippen LogP contribution in [0.4, 0.5) is 10.1 Å². The van der Waals surface area contributed by atoms with Gasteiger partial charge < -0.3 is 9.80 Å². The summed E-state index contributed by atoms with van der Waals surface area (Å²) in [5.74, 6) is 2.78. The number of carbonyl (C=O) groups excluding carboxylic acids is 1. The molecule has 3 nitrogen and oxygen atoms in total. The minimum Gasteiger partial charge on any atom is -0.311 e. The Bertz CT molecular complexity index is 1270. The monoisotopic (exact) mass is 496 g/mol. The summed E-state index contributed by atoms with van der Waals surface area (Å²) in [5, 5.41) is 2.60. The van der Waals surface area contributed by atoms with Gasteiger partial charge in [-0.25, -0.2) is 4.39 Å². The SMILES string of the molecule is O=C(N(CCN1CCC(c2ccc3ccccc3c2)C1)c1ccc(F)cc1)C12CC3CC(CC(C3)C1)C2. The first kappa shape index (κ1) is 23.4. The van der Waals surface area contributed by atoms with Gasteiger partial charge in [-0.3, -0.25) is 4.79 Å². The molecule has 0 N–H and O–H groups in total. The summed E-state index contributed by atoms with van der Waals surface area (Å²) in [6.45, 7) is 3.62. The van der Waals surface area contributed by atoms with Crippen LogP contribution >= 0.6 is 0 Å². The van der Waals surface area contributed by atoms with Crippen molar-refractivity contribution in [3.63, 3.8) is 0 Å². The van der Waals surface area contributed by atoms with Crippen LogP contribution in [0.3, 0.4) is 0 Å². The van der Waals surface area contributed by atoms with Gasteiger partial charge in [-0.05, 0) is 116 Å². The third kappa shape index (κ3) is 4.37. The predicted molar refractivity (Wildman–Crippen MR) is 147 cm³/mol. The normalized spacial score (nSPS) is 30.7. The molecule has 8 rings (SSSR count). The Morgan fingerprint density at radius 3 is 2.27 bits per heavy atom. The van der Waals surface area contributed by atoms with Crippen LogP contribution in [0.25, 0.3) is 10.8 Å². The van der Waals surface area contributed by atoms with Crippen molar-refractivity contribution in [3.05, 3.63) is 78.1 Å². The maximum atomic E-state index is 14.3. The van der Waals surface area contributed by atoms with Crippen molar-refractivity contribution in [2.24, 2.45) is 23.2 Å². The van der Waals surface area contributed by atoms with E-state index in [9.17, 15) is 9.18 Å². The molecule has 1 unspecified atom stereocenters. The molecule has 4 bridgehead atoms.